The monoisotopic (exact) mass is 606 g/mol. The van der Waals surface area contributed by atoms with E-state index in [1.54, 1.807) is 41.3 Å². The number of hydrogen-bond acceptors (Lipinski definition) is 7. The standard InChI is InChI=1S/C25H23IN2O6S/c1-33-20-13-16(9-10-19(20)34-24(31)17-7-3-4-8-18(17)26)14-21-23(30)28(25(32)35-21)15-22(29)27-11-5-2-6-12-27/h3-4,7-10,13-14H,2,5-6,11-12,15H2,1H3/b21-14-. The van der Waals surface area contributed by atoms with Gasteiger partial charge in [-0.15, -0.1) is 0 Å². The third-order valence-electron chi connectivity index (χ3n) is 5.66. The number of benzene rings is 2. The van der Waals surface area contributed by atoms with Crippen LogP contribution in [0.5, 0.6) is 11.5 Å². The minimum atomic E-state index is -0.513. The zero-order chi connectivity index (χ0) is 24.9. The molecule has 2 aliphatic rings. The normalized spacial score (nSPS) is 17.1. The van der Waals surface area contributed by atoms with E-state index in [4.69, 9.17) is 9.47 Å². The third kappa shape index (κ3) is 5.87. The Kier molecular flexibility index (Phi) is 8.11. The van der Waals surface area contributed by atoms with E-state index >= 15 is 0 Å². The first kappa shape index (κ1) is 25.2. The number of carbonyl (C=O) groups is 4. The van der Waals surface area contributed by atoms with E-state index in [0.717, 1.165) is 39.5 Å². The second-order valence-corrected chi connectivity index (χ2v) is 10.1. The number of thioether (sulfide) groups is 1. The van der Waals surface area contributed by atoms with Crippen LogP contribution in [0.15, 0.2) is 47.4 Å². The molecule has 2 saturated heterocycles. The second-order valence-electron chi connectivity index (χ2n) is 7.99. The summed E-state index contributed by atoms with van der Waals surface area (Å²) in [4.78, 5) is 53.3. The predicted octanol–water partition coefficient (Wildman–Crippen LogP) is 4.57. The lowest BCUT2D eigenvalue weighted by molar-refractivity contribution is -0.136. The zero-order valence-electron chi connectivity index (χ0n) is 19.0. The van der Waals surface area contributed by atoms with Crippen molar-refractivity contribution in [2.24, 2.45) is 0 Å². The summed E-state index contributed by atoms with van der Waals surface area (Å²) in [7, 11) is 1.45. The molecule has 35 heavy (non-hydrogen) atoms. The van der Waals surface area contributed by atoms with Crippen molar-refractivity contribution in [1.82, 2.24) is 9.80 Å². The number of halogens is 1. The molecule has 0 aliphatic carbocycles. The lowest BCUT2D eigenvalue weighted by atomic mass is 10.1. The minimum absolute atomic E-state index is 0.214. The Morgan fingerprint density at radius 1 is 1.06 bits per heavy atom. The highest BCUT2D eigenvalue weighted by Gasteiger charge is 2.37. The quantitative estimate of drug-likeness (QED) is 0.206. The molecule has 0 unspecified atom stereocenters. The topological polar surface area (TPSA) is 93.2 Å². The molecule has 3 amide bonds. The first-order chi connectivity index (χ1) is 16.9. The van der Waals surface area contributed by atoms with Gasteiger partial charge in [0.1, 0.15) is 6.54 Å². The molecule has 2 aromatic rings. The number of esters is 1. The molecule has 4 rings (SSSR count). The van der Waals surface area contributed by atoms with E-state index in [-0.39, 0.29) is 23.1 Å². The van der Waals surface area contributed by atoms with Gasteiger partial charge in [-0.2, -0.15) is 0 Å². The number of hydrogen-bond donors (Lipinski definition) is 0. The second kappa shape index (κ2) is 11.3. The Hall–Kier alpha value is -2.86. The molecule has 0 spiro atoms. The van der Waals surface area contributed by atoms with Crippen LogP contribution in [0, 0.1) is 3.57 Å². The number of piperidine rings is 1. The van der Waals surface area contributed by atoms with E-state index in [1.807, 2.05) is 12.1 Å². The van der Waals surface area contributed by atoms with E-state index in [1.165, 1.54) is 7.11 Å². The molecular weight excluding hydrogens is 583 g/mol. The molecule has 0 atom stereocenters. The van der Waals surface area contributed by atoms with Crippen molar-refractivity contribution in [3.05, 3.63) is 62.1 Å². The molecule has 0 N–H and O–H groups in total. The van der Waals surface area contributed by atoms with Crippen molar-refractivity contribution >= 4 is 63.5 Å². The average Bonchev–Trinajstić information content (AvgIpc) is 3.12. The summed E-state index contributed by atoms with van der Waals surface area (Å²) < 4.78 is 11.7. The number of carbonyl (C=O) groups excluding carboxylic acids is 4. The van der Waals surface area contributed by atoms with Crippen molar-refractivity contribution in [3.8, 4) is 11.5 Å². The fourth-order valence-corrected chi connectivity index (χ4v) is 5.25. The van der Waals surface area contributed by atoms with Crippen LogP contribution in [0.3, 0.4) is 0 Å². The summed E-state index contributed by atoms with van der Waals surface area (Å²) in [6.07, 6.45) is 4.52. The van der Waals surface area contributed by atoms with Crippen molar-refractivity contribution in [1.29, 1.82) is 0 Å². The predicted molar refractivity (Wildman–Crippen MR) is 140 cm³/mol. The van der Waals surface area contributed by atoms with E-state index < -0.39 is 17.1 Å². The van der Waals surface area contributed by atoms with Crippen LogP contribution in [-0.4, -0.2) is 59.6 Å². The molecule has 2 fully saturated rings. The summed E-state index contributed by atoms with van der Waals surface area (Å²) in [5, 5.41) is -0.471. The maximum absolute atomic E-state index is 12.8. The fraction of sp³-hybridized carbons (Fsp3) is 0.280. The van der Waals surface area contributed by atoms with Crippen molar-refractivity contribution in [2.75, 3.05) is 26.7 Å². The van der Waals surface area contributed by atoms with Gasteiger partial charge in [-0.25, -0.2) is 4.79 Å². The van der Waals surface area contributed by atoms with E-state index in [9.17, 15) is 19.2 Å². The summed E-state index contributed by atoms with van der Waals surface area (Å²) in [6, 6.07) is 11.9. The van der Waals surface area contributed by atoms with Crippen LogP contribution < -0.4 is 9.47 Å². The maximum atomic E-state index is 12.8. The van der Waals surface area contributed by atoms with Crippen LogP contribution in [0.25, 0.3) is 6.08 Å². The largest absolute Gasteiger partial charge is 0.493 e. The lowest BCUT2D eigenvalue weighted by Gasteiger charge is -2.27. The number of likely N-dealkylation sites (tertiary alicyclic amines) is 1. The van der Waals surface area contributed by atoms with Gasteiger partial charge >= 0.3 is 5.97 Å². The van der Waals surface area contributed by atoms with Gasteiger partial charge in [-0.05, 0) is 89.5 Å². The number of imide groups is 1. The van der Waals surface area contributed by atoms with E-state index in [2.05, 4.69) is 22.6 Å². The van der Waals surface area contributed by atoms with Gasteiger partial charge in [0.25, 0.3) is 11.1 Å². The Labute approximate surface area is 220 Å². The maximum Gasteiger partial charge on any atom is 0.344 e. The van der Waals surface area contributed by atoms with Gasteiger partial charge in [0, 0.05) is 16.7 Å². The van der Waals surface area contributed by atoms with Gasteiger partial charge < -0.3 is 14.4 Å². The van der Waals surface area contributed by atoms with Crippen LogP contribution in [0.2, 0.25) is 0 Å². The fourth-order valence-electron chi connectivity index (χ4n) is 3.81. The zero-order valence-corrected chi connectivity index (χ0v) is 22.0. The third-order valence-corrected chi connectivity index (χ3v) is 7.51. The first-order valence-corrected chi connectivity index (χ1v) is 12.9. The van der Waals surface area contributed by atoms with Crippen LogP contribution in [-0.2, 0) is 9.59 Å². The smallest absolute Gasteiger partial charge is 0.344 e. The van der Waals surface area contributed by atoms with Gasteiger partial charge in [0.05, 0.1) is 17.6 Å². The van der Waals surface area contributed by atoms with Crippen molar-refractivity contribution < 1.29 is 28.7 Å². The first-order valence-electron chi connectivity index (χ1n) is 11.1. The van der Waals surface area contributed by atoms with Gasteiger partial charge in [0.15, 0.2) is 11.5 Å². The number of nitrogens with zero attached hydrogens (tertiary/aromatic N) is 2. The van der Waals surface area contributed by atoms with Gasteiger partial charge in [0.2, 0.25) is 5.91 Å². The molecule has 8 nitrogen and oxygen atoms in total. The molecule has 182 valence electrons. The van der Waals surface area contributed by atoms with Crippen LogP contribution in [0.4, 0.5) is 4.79 Å². The average molecular weight is 606 g/mol. The Morgan fingerprint density at radius 3 is 2.51 bits per heavy atom. The Bertz CT molecular complexity index is 1210. The molecule has 2 heterocycles. The molecule has 0 aromatic heterocycles. The highest BCUT2D eigenvalue weighted by atomic mass is 127. The number of ether oxygens (including phenoxy) is 2. The molecule has 2 aliphatic heterocycles. The molecule has 0 radical (unpaired) electrons. The number of amides is 3. The molecular formula is C25H23IN2O6S. The molecule has 2 aromatic carbocycles. The lowest BCUT2D eigenvalue weighted by Crippen LogP contribution is -2.44. The van der Waals surface area contributed by atoms with Gasteiger partial charge in [-0.3, -0.25) is 19.3 Å². The molecule has 10 heteroatoms. The number of methoxy groups -OCH3 is 1. The summed E-state index contributed by atoms with van der Waals surface area (Å²) >= 11 is 2.86. The highest BCUT2D eigenvalue weighted by Crippen LogP contribution is 2.35. The summed E-state index contributed by atoms with van der Waals surface area (Å²) in [5.41, 5.74) is 1.02. The SMILES string of the molecule is COc1cc(/C=C2\SC(=O)N(CC(=O)N3CCCCC3)C2=O)ccc1OC(=O)c1ccccc1I. The molecule has 0 bridgehead atoms. The van der Waals surface area contributed by atoms with Crippen LogP contribution >= 0.6 is 34.4 Å². The molecule has 0 saturated carbocycles. The minimum Gasteiger partial charge on any atom is -0.493 e. The Balaban J connectivity index is 1.47. The summed E-state index contributed by atoms with van der Waals surface area (Å²) in [6.45, 7) is 1.06. The van der Waals surface area contributed by atoms with Crippen molar-refractivity contribution in [3.63, 3.8) is 0 Å². The van der Waals surface area contributed by atoms with Crippen molar-refractivity contribution in [2.45, 2.75) is 19.3 Å². The Morgan fingerprint density at radius 2 is 1.80 bits per heavy atom. The highest BCUT2D eigenvalue weighted by molar-refractivity contribution is 14.1. The number of rotatable bonds is 6. The summed E-state index contributed by atoms with van der Waals surface area (Å²) in [5.74, 6) is -0.694. The van der Waals surface area contributed by atoms with Crippen LogP contribution in [0.1, 0.15) is 35.2 Å². The van der Waals surface area contributed by atoms with E-state index in [0.29, 0.717) is 30.0 Å². The van der Waals surface area contributed by atoms with Gasteiger partial charge in [-0.1, -0.05) is 18.2 Å².